The number of anilines is 1. The molecule has 0 bridgehead atoms. The normalized spacial score (nSPS) is 14.4. The maximum Gasteiger partial charge on any atom is 0.328 e. The summed E-state index contributed by atoms with van der Waals surface area (Å²) in [5, 5.41) is 20.7. The smallest absolute Gasteiger partial charge is 0.328 e. The van der Waals surface area contributed by atoms with E-state index in [4.69, 9.17) is 10.8 Å². The Labute approximate surface area is 117 Å². The van der Waals surface area contributed by atoms with Gasteiger partial charge in [0.25, 0.3) is 0 Å². The van der Waals surface area contributed by atoms with Crippen LogP contribution >= 0.6 is 0 Å². The summed E-state index contributed by atoms with van der Waals surface area (Å²) in [7, 11) is 0. The molecule has 0 aliphatic carbocycles. The van der Waals surface area contributed by atoms with E-state index in [1.165, 1.54) is 6.92 Å². The highest BCUT2D eigenvalue weighted by molar-refractivity contribution is 5.91. The second-order valence-electron chi connectivity index (χ2n) is 5.28. The van der Waals surface area contributed by atoms with E-state index in [2.05, 4.69) is 5.32 Å². The van der Waals surface area contributed by atoms with Crippen LogP contribution in [0, 0.1) is 0 Å². The lowest BCUT2D eigenvalue weighted by Gasteiger charge is -2.27. The van der Waals surface area contributed by atoms with Gasteiger partial charge in [0.05, 0.1) is 11.5 Å². The first-order valence-corrected chi connectivity index (χ1v) is 6.24. The van der Waals surface area contributed by atoms with Gasteiger partial charge in [0.1, 0.15) is 0 Å². The largest absolute Gasteiger partial charge is 0.480 e. The fourth-order valence-corrected chi connectivity index (χ4v) is 1.74. The number of nitrogen functional groups attached to an aromatic ring is 1. The quantitative estimate of drug-likeness (QED) is 0.587. The second-order valence-corrected chi connectivity index (χ2v) is 5.28. The maximum atomic E-state index is 12.3. The second kappa shape index (κ2) is 5.92. The number of aliphatic hydroxyl groups excluding tert-OH is 1. The summed E-state index contributed by atoms with van der Waals surface area (Å²) in [6.07, 6.45) is -1.18. The Kier molecular flexibility index (Phi) is 4.73. The van der Waals surface area contributed by atoms with Crippen molar-refractivity contribution < 1.29 is 19.8 Å². The van der Waals surface area contributed by atoms with Crippen LogP contribution in [0.1, 0.15) is 26.3 Å². The molecule has 0 saturated heterocycles. The molecule has 0 radical (unpaired) electrons. The van der Waals surface area contributed by atoms with Crippen LogP contribution in [-0.4, -0.2) is 34.2 Å². The molecule has 6 nitrogen and oxygen atoms in total. The monoisotopic (exact) mass is 280 g/mol. The Hall–Kier alpha value is -2.08. The van der Waals surface area contributed by atoms with Gasteiger partial charge in [-0.05, 0) is 38.5 Å². The lowest BCUT2D eigenvalue weighted by molar-refractivity contribution is -0.145. The third kappa shape index (κ3) is 3.48. The number of nitrogens with two attached hydrogens (primary N) is 1. The van der Waals surface area contributed by atoms with E-state index in [0.29, 0.717) is 11.3 Å². The number of carbonyl (C=O) groups excluding carboxylic acids is 1. The molecule has 1 aromatic rings. The molecule has 1 rings (SSSR count). The van der Waals surface area contributed by atoms with Gasteiger partial charge >= 0.3 is 5.97 Å². The summed E-state index contributed by atoms with van der Waals surface area (Å²) in [5.74, 6) is -1.75. The minimum Gasteiger partial charge on any atom is -0.480 e. The van der Waals surface area contributed by atoms with Gasteiger partial charge in [0.15, 0.2) is 6.04 Å². The van der Waals surface area contributed by atoms with Crippen LogP contribution in [0.3, 0.4) is 0 Å². The highest BCUT2D eigenvalue weighted by atomic mass is 16.4. The number of rotatable bonds is 5. The van der Waals surface area contributed by atoms with Crippen molar-refractivity contribution in [3.63, 3.8) is 0 Å². The summed E-state index contributed by atoms with van der Waals surface area (Å²) in [6.45, 7) is 4.67. The lowest BCUT2D eigenvalue weighted by Crippen LogP contribution is -2.52. The molecule has 20 heavy (non-hydrogen) atoms. The predicted octanol–water partition coefficient (Wildman–Crippen LogP) is 0.497. The Morgan fingerprint density at radius 2 is 1.75 bits per heavy atom. The van der Waals surface area contributed by atoms with E-state index in [1.54, 1.807) is 38.1 Å². The minimum absolute atomic E-state index is 0.476. The fraction of sp³-hybridized carbons (Fsp3) is 0.429. The van der Waals surface area contributed by atoms with Gasteiger partial charge in [-0.3, -0.25) is 4.79 Å². The van der Waals surface area contributed by atoms with Crippen LogP contribution < -0.4 is 11.1 Å². The van der Waals surface area contributed by atoms with Crippen molar-refractivity contribution in [3.8, 4) is 0 Å². The van der Waals surface area contributed by atoms with Gasteiger partial charge in [-0.25, -0.2) is 4.79 Å². The van der Waals surface area contributed by atoms with Crippen molar-refractivity contribution in [1.29, 1.82) is 0 Å². The number of carboxylic acid groups (broad SMARTS) is 1. The van der Waals surface area contributed by atoms with E-state index in [-0.39, 0.29) is 0 Å². The molecule has 0 heterocycles. The van der Waals surface area contributed by atoms with Crippen LogP contribution in [0.5, 0.6) is 0 Å². The number of aliphatic hydroxyl groups is 1. The molecule has 1 amide bonds. The standard InChI is InChI=1S/C14H20N2O4/c1-8(17)11(12(18)19)16-13(20)14(2,3)9-4-6-10(15)7-5-9/h4-8,11,17H,15H2,1-3H3,(H,16,20)(H,18,19). The van der Waals surface area contributed by atoms with Crippen molar-refractivity contribution in [2.45, 2.75) is 38.3 Å². The molecular formula is C14H20N2O4. The summed E-state index contributed by atoms with van der Waals surface area (Å²) in [4.78, 5) is 23.2. The molecule has 2 atom stereocenters. The number of nitrogens with one attached hydrogen (secondary N) is 1. The Bertz CT molecular complexity index is 494. The first-order valence-electron chi connectivity index (χ1n) is 6.24. The highest BCUT2D eigenvalue weighted by Crippen LogP contribution is 2.24. The molecular weight excluding hydrogens is 260 g/mol. The SMILES string of the molecule is CC(O)C(NC(=O)C(C)(C)c1ccc(N)cc1)C(=O)O. The molecule has 5 N–H and O–H groups in total. The topological polar surface area (TPSA) is 113 Å². The van der Waals surface area contributed by atoms with E-state index < -0.39 is 29.4 Å². The molecule has 0 fully saturated rings. The zero-order chi connectivity index (χ0) is 15.5. The number of hydrogen-bond donors (Lipinski definition) is 4. The minimum atomic E-state index is -1.34. The molecule has 0 aromatic heterocycles. The first-order chi connectivity index (χ1) is 9.16. The molecule has 6 heteroatoms. The van der Waals surface area contributed by atoms with Crippen LogP contribution in [0.4, 0.5) is 5.69 Å². The summed E-state index contributed by atoms with van der Waals surface area (Å²) >= 11 is 0. The van der Waals surface area contributed by atoms with Gasteiger partial charge in [0, 0.05) is 5.69 Å². The van der Waals surface area contributed by atoms with E-state index in [9.17, 15) is 14.7 Å². The summed E-state index contributed by atoms with van der Waals surface area (Å²) < 4.78 is 0. The van der Waals surface area contributed by atoms with Crippen LogP contribution in [0.2, 0.25) is 0 Å². The van der Waals surface area contributed by atoms with Gasteiger partial charge in [0.2, 0.25) is 5.91 Å². The number of aliphatic carboxylic acids is 1. The van der Waals surface area contributed by atoms with Crippen molar-refractivity contribution in [3.05, 3.63) is 29.8 Å². The average molecular weight is 280 g/mol. The molecule has 1 aromatic carbocycles. The van der Waals surface area contributed by atoms with Gasteiger partial charge in [-0.2, -0.15) is 0 Å². The van der Waals surface area contributed by atoms with Crippen LogP contribution in [0.25, 0.3) is 0 Å². The highest BCUT2D eigenvalue weighted by Gasteiger charge is 2.34. The number of amides is 1. The van der Waals surface area contributed by atoms with Crippen LogP contribution in [-0.2, 0) is 15.0 Å². The number of carbonyl (C=O) groups is 2. The Morgan fingerprint density at radius 1 is 1.25 bits per heavy atom. The van der Waals surface area contributed by atoms with Gasteiger partial charge in [-0.15, -0.1) is 0 Å². The molecule has 0 aliphatic rings. The number of hydrogen-bond acceptors (Lipinski definition) is 4. The van der Waals surface area contributed by atoms with Crippen molar-refractivity contribution in [2.24, 2.45) is 0 Å². The zero-order valence-corrected chi connectivity index (χ0v) is 11.8. The molecule has 0 aliphatic heterocycles. The fourth-order valence-electron chi connectivity index (χ4n) is 1.74. The summed E-state index contributed by atoms with van der Waals surface area (Å²) in [6, 6.07) is 5.44. The molecule has 0 spiro atoms. The number of benzene rings is 1. The third-order valence-electron chi connectivity index (χ3n) is 3.24. The van der Waals surface area contributed by atoms with Crippen molar-refractivity contribution in [2.75, 3.05) is 5.73 Å². The van der Waals surface area contributed by atoms with Crippen molar-refractivity contribution in [1.82, 2.24) is 5.32 Å². The van der Waals surface area contributed by atoms with Crippen LogP contribution in [0.15, 0.2) is 24.3 Å². The van der Waals surface area contributed by atoms with E-state index >= 15 is 0 Å². The lowest BCUT2D eigenvalue weighted by atomic mass is 9.83. The zero-order valence-electron chi connectivity index (χ0n) is 11.8. The number of carboxylic acids is 1. The van der Waals surface area contributed by atoms with Gasteiger partial charge < -0.3 is 21.3 Å². The molecule has 0 saturated carbocycles. The molecule has 110 valence electrons. The third-order valence-corrected chi connectivity index (χ3v) is 3.24. The Morgan fingerprint density at radius 3 is 2.15 bits per heavy atom. The van der Waals surface area contributed by atoms with E-state index in [0.717, 1.165) is 0 Å². The van der Waals surface area contributed by atoms with Gasteiger partial charge in [-0.1, -0.05) is 12.1 Å². The molecule has 2 unspecified atom stereocenters. The summed E-state index contributed by atoms with van der Waals surface area (Å²) in [5.41, 5.74) is 5.95. The maximum absolute atomic E-state index is 12.3. The average Bonchev–Trinajstić information content (AvgIpc) is 2.35. The first kappa shape index (κ1) is 16.0. The Balaban J connectivity index is 2.94. The van der Waals surface area contributed by atoms with E-state index in [1.807, 2.05) is 0 Å². The predicted molar refractivity (Wildman–Crippen MR) is 75.1 cm³/mol. The van der Waals surface area contributed by atoms with Crippen molar-refractivity contribution >= 4 is 17.6 Å².